The first-order valence-electron chi connectivity index (χ1n) is 11.4. The molecule has 0 aliphatic carbocycles. The Morgan fingerprint density at radius 2 is 1.91 bits per heavy atom. The summed E-state index contributed by atoms with van der Waals surface area (Å²) < 4.78 is 39.8. The van der Waals surface area contributed by atoms with Crippen molar-refractivity contribution in [3.05, 3.63) is 89.6 Å². The number of alkyl halides is 3. The lowest BCUT2D eigenvalue weighted by atomic mass is 9.94. The van der Waals surface area contributed by atoms with Gasteiger partial charge < -0.3 is 15.5 Å². The second-order valence-corrected chi connectivity index (χ2v) is 8.62. The smallest absolute Gasteiger partial charge is 0.362 e. The van der Waals surface area contributed by atoms with Gasteiger partial charge in [0.15, 0.2) is 0 Å². The number of amides is 2. The van der Waals surface area contributed by atoms with Crippen molar-refractivity contribution < 1.29 is 18.0 Å². The van der Waals surface area contributed by atoms with Crippen LogP contribution in [0.4, 0.5) is 29.3 Å². The Morgan fingerprint density at radius 1 is 1.09 bits per heavy atom. The number of aromatic nitrogens is 2. The molecule has 9 heteroatoms. The van der Waals surface area contributed by atoms with Gasteiger partial charge in [0.05, 0.1) is 23.0 Å². The standard InChI is InChI=1S/C26H24F3N5O/c27-26(28,29)19-7-3-5-17(13-19)16-34-20(12-11-18-6-1-2-10-24(18)34)14-30-25(35)32-22-8-4-9-23-21(22)15-31-33-23/h1-10,13,15,20H,11-12,14,16H2,(H,31,33)(H2,30,32,35). The molecule has 1 atom stereocenters. The van der Waals surface area contributed by atoms with E-state index in [1.807, 2.05) is 36.4 Å². The number of para-hydroxylation sites is 1. The van der Waals surface area contributed by atoms with E-state index in [-0.39, 0.29) is 12.1 Å². The molecular formula is C26H24F3N5O. The lowest BCUT2D eigenvalue weighted by Gasteiger charge is -2.39. The van der Waals surface area contributed by atoms with Crippen molar-refractivity contribution in [2.24, 2.45) is 0 Å². The number of fused-ring (bicyclic) bond motifs is 2. The topological polar surface area (TPSA) is 73.1 Å². The number of rotatable bonds is 5. The van der Waals surface area contributed by atoms with Crippen LogP contribution in [0.3, 0.4) is 0 Å². The van der Waals surface area contributed by atoms with Crippen LogP contribution in [0, 0.1) is 0 Å². The maximum absolute atomic E-state index is 13.3. The van der Waals surface area contributed by atoms with E-state index in [1.165, 1.54) is 12.1 Å². The molecule has 5 rings (SSSR count). The molecule has 0 saturated heterocycles. The summed E-state index contributed by atoms with van der Waals surface area (Å²) in [5, 5.41) is 13.5. The number of nitrogens with zero attached hydrogens (tertiary/aromatic N) is 2. The molecule has 1 unspecified atom stereocenters. The third kappa shape index (κ3) is 4.94. The van der Waals surface area contributed by atoms with Crippen molar-refractivity contribution in [3.8, 4) is 0 Å². The number of urea groups is 1. The van der Waals surface area contributed by atoms with Crippen LogP contribution < -0.4 is 15.5 Å². The summed E-state index contributed by atoms with van der Waals surface area (Å²) in [5.74, 6) is 0. The molecule has 0 bridgehead atoms. The van der Waals surface area contributed by atoms with E-state index in [4.69, 9.17) is 0 Å². The summed E-state index contributed by atoms with van der Waals surface area (Å²) >= 11 is 0. The highest BCUT2D eigenvalue weighted by Gasteiger charge is 2.31. The lowest BCUT2D eigenvalue weighted by molar-refractivity contribution is -0.137. The van der Waals surface area contributed by atoms with Gasteiger partial charge in [-0.2, -0.15) is 18.3 Å². The minimum absolute atomic E-state index is 0.0742. The fourth-order valence-corrected chi connectivity index (χ4v) is 4.60. The Bertz CT molecular complexity index is 1350. The zero-order chi connectivity index (χ0) is 24.4. The number of carbonyl (C=O) groups excluding carboxylic acids is 1. The van der Waals surface area contributed by atoms with Crippen LogP contribution in [-0.2, 0) is 19.1 Å². The van der Waals surface area contributed by atoms with Crippen LogP contribution in [0.25, 0.3) is 10.9 Å². The molecule has 2 amide bonds. The Balaban J connectivity index is 1.33. The molecule has 6 nitrogen and oxygen atoms in total. The van der Waals surface area contributed by atoms with E-state index in [0.29, 0.717) is 24.3 Å². The van der Waals surface area contributed by atoms with Crippen molar-refractivity contribution in [1.82, 2.24) is 15.5 Å². The number of hydrogen-bond acceptors (Lipinski definition) is 3. The molecule has 35 heavy (non-hydrogen) atoms. The fourth-order valence-electron chi connectivity index (χ4n) is 4.60. The first-order chi connectivity index (χ1) is 16.9. The number of hydrogen-bond donors (Lipinski definition) is 3. The SMILES string of the molecule is O=C(NCC1CCc2ccccc2N1Cc1cccc(C(F)(F)F)c1)Nc1cccc2[nH]ncc12. The Kier molecular flexibility index (Phi) is 6.07. The van der Waals surface area contributed by atoms with Crippen LogP contribution in [0.5, 0.6) is 0 Å². The maximum Gasteiger partial charge on any atom is 0.416 e. The number of nitrogens with one attached hydrogen (secondary N) is 3. The summed E-state index contributed by atoms with van der Waals surface area (Å²) in [6.45, 7) is 0.656. The first-order valence-corrected chi connectivity index (χ1v) is 11.4. The number of benzene rings is 3. The van der Waals surface area contributed by atoms with Crippen molar-refractivity contribution >= 4 is 28.3 Å². The second kappa shape index (κ2) is 9.32. The molecule has 1 aromatic heterocycles. The van der Waals surface area contributed by atoms with Crippen molar-refractivity contribution in [2.75, 3.05) is 16.8 Å². The molecule has 4 aromatic rings. The molecule has 180 valence electrons. The van der Waals surface area contributed by atoms with Gasteiger partial charge in [0.2, 0.25) is 0 Å². The van der Waals surface area contributed by atoms with E-state index in [9.17, 15) is 18.0 Å². The molecule has 3 aromatic carbocycles. The molecule has 0 radical (unpaired) electrons. The maximum atomic E-state index is 13.3. The van der Waals surface area contributed by atoms with E-state index in [0.717, 1.165) is 41.1 Å². The molecule has 0 spiro atoms. The zero-order valence-corrected chi connectivity index (χ0v) is 18.8. The molecule has 2 heterocycles. The van der Waals surface area contributed by atoms with E-state index in [2.05, 4.69) is 25.7 Å². The van der Waals surface area contributed by atoms with Gasteiger partial charge in [-0.05, 0) is 54.3 Å². The van der Waals surface area contributed by atoms with Gasteiger partial charge in [0.25, 0.3) is 0 Å². The molecular weight excluding hydrogens is 455 g/mol. The minimum atomic E-state index is -4.40. The third-order valence-electron chi connectivity index (χ3n) is 6.33. The van der Waals surface area contributed by atoms with Gasteiger partial charge in [-0.25, -0.2) is 4.79 Å². The summed E-state index contributed by atoms with van der Waals surface area (Å²) in [7, 11) is 0. The van der Waals surface area contributed by atoms with Crippen molar-refractivity contribution in [3.63, 3.8) is 0 Å². The van der Waals surface area contributed by atoms with Crippen molar-refractivity contribution in [1.29, 1.82) is 0 Å². The summed E-state index contributed by atoms with van der Waals surface area (Å²) in [5.41, 5.74) is 3.49. The molecule has 1 aliphatic heterocycles. The van der Waals surface area contributed by atoms with Gasteiger partial charge >= 0.3 is 12.2 Å². The number of halogens is 3. The summed E-state index contributed by atoms with van der Waals surface area (Å²) in [6.07, 6.45) is -1.14. The molecule has 1 aliphatic rings. The van der Waals surface area contributed by atoms with E-state index in [1.54, 1.807) is 18.3 Å². The predicted octanol–water partition coefficient (Wildman–Crippen LogP) is 5.72. The molecule has 3 N–H and O–H groups in total. The second-order valence-electron chi connectivity index (χ2n) is 8.62. The van der Waals surface area contributed by atoms with Gasteiger partial charge in [-0.15, -0.1) is 0 Å². The quantitative estimate of drug-likeness (QED) is 0.343. The van der Waals surface area contributed by atoms with Crippen LogP contribution in [0.15, 0.2) is 72.9 Å². The number of aromatic amines is 1. The Hall–Kier alpha value is -4.01. The Labute approximate surface area is 200 Å². The normalized spacial score (nSPS) is 15.6. The molecule has 0 fully saturated rings. The number of H-pyrrole nitrogens is 1. The van der Waals surface area contributed by atoms with E-state index < -0.39 is 11.7 Å². The summed E-state index contributed by atoms with van der Waals surface area (Å²) in [4.78, 5) is 14.8. The largest absolute Gasteiger partial charge is 0.416 e. The number of carbonyl (C=O) groups is 1. The van der Waals surface area contributed by atoms with Gasteiger partial charge in [-0.3, -0.25) is 5.10 Å². The third-order valence-corrected chi connectivity index (χ3v) is 6.33. The average Bonchev–Trinajstić information content (AvgIpc) is 3.33. The predicted molar refractivity (Wildman–Crippen MR) is 129 cm³/mol. The van der Waals surface area contributed by atoms with Crippen LogP contribution in [0.2, 0.25) is 0 Å². The first kappa shape index (κ1) is 22.8. The number of aryl methyl sites for hydroxylation is 1. The van der Waals surface area contributed by atoms with Crippen LogP contribution in [0.1, 0.15) is 23.1 Å². The Morgan fingerprint density at radius 3 is 2.77 bits per heavy atom. The number of anilines is 2. The van der Waals surface area contributed by atoms with Crippen molar-refractivity contribution in [2.45, 2.75) is 31.6 Å². The highest BCUT2D eigenvalue weighted by Crippen LogP contribution is 2.34. The van der Waals surface area contributed by atoms with Crippen LogP contribution >= 0.6 is 0 Å². The van der Waals surface area contributed by atoms with Gasteiger partial charge in [0, 0.05) is 30.2 Å². The summed E-state index contributed by atoms with van der Waals surface area (Å²) in [6, 6.07) is 18.4. The van der Waals surface area contributed by atoms with Crippen LogP contribution in [-0.4, -0.2) is 28.8 Å². The lowest BCUT2D eigenvalue weighted by Crippen LogP contribution is -2.47. The fraction of sp³-hybridized carbons (Fsp3) is 0.231. The molecule has 0 saturated carbocycles. The zero-order valence-electron chi connectivity index (χ0n) is 18.8. The highest BCUT2D eigenvalue weighted by atomic mass is 19.4. The average molecular weight is 480 g/mol. The van der Waals surface area contributed by atoms with Gasteiger partial charge in [0.1, 0.15) is 0 Å². The monoisotopic (exact) mass is 479 g/mol. The highest BCUT2D eigenvalue weighted by molar-refractivity contribution is 6.00. The van der Waals surface area contributed by atoms with Gasteiger partial charge in [-0.1, -0.05) is 36.4 Å². The minimum Gasteiger partial charge on any atom is -0.362 e. The van der Waals surface area contributed by atoms with E-state index >= 15 is 0 Å².